The van der Waals surface area contributed by atoms with Gasteiger partial charge in [0.2, 0.25) is 0 Å². The Balaban J connectivity index is 1.84. The van der Waals surface area contributed by atoms with Crippen LogP contribution >= 0.6 is 0 Å². The molecule has 1 fully saturated rings. The van der Waals surface area contributed by atoms with Gasteiger partial charge in [-0.15, -0.1) is 0 Å². The van der Waals surface area contributed by atoms with Gasteiger partial charge in [-0.05, 0) is 31.2 Å². The molecule has 1 aromatic heterocycles. The molecule has 0 spiro atoms. The first-order valence-corrected chi connectivity index (χ1v) is 8.37. The number of aliphatic hydroxyl groups is 2. The fourth-order valence-corrected chi connectivity index (χ4v) is 3.42. The third-order valence-corrected chi connectivity index (χ3v) is 4.72. The van der Waals surface area contributed by atoms with Crippen molar-refractivity contribution in [3.8, 4) is 5.75 Å². The van der Waals surface area contributed by atoms with Crippen LogP contribution in [-0.4, -0.2) is 53.0 Å². The number of nitrogens with one attached hydrogen (secondary N) is 1. The lowest BCUT2D eigenvalue weighted by Gasteiger charge is -2.15. The second kappa shape index (κ2) is 7.34. The van der Waals surface area contributed by atoms with Crippen LogP contribution in [0.5, 0.6) is 5.75 Å². The van der Waals surface area contributed by atoms with Gasteiger partial charge >= 0.3 is 0 Å². The van der Waals surface area contributed by atoms with Crippen molar-refractivity contribution >= 4 is 10.9 Å². The van der Waals surface area contributed by atoms with E-state index in [1.165, 1.54) is 0 Å². The Kier molecular flexibility index (Phi) is 5.18. The first-order valence-electron chi connectivity index (χ1n) is 8.37. The molecule has 24 heavy (non-hydrogen) atoms. The molecule has 0 saturated carbocycles. The number of likely N-dealkylation sites (tertiary alicyclic amines) is 1. The summed E-state index contributed by atoms with van der Waals surface area (Å²) in [6, 6.07) is 7.52. The minimum Gasteiger partial charge on any atom is -0.494 e. The summed E-state index contributed by atoms with van der Waals surface area (Å²) in [5.74, 6) is 0.919. The van der Waals surface area contributed by atoms with Crippen molar-refractivity contribution in [2.75, 3.05) is 32.9 Å². The first kappa shape index (κ1) is 17.0. The van der Waals surface area contributed by atoms with E-state index in [-0.39, 0.29) is 30.6 Å². The Morgan fingerprint density at radius 1 is 1.21 bits per heavy atom. The maximum absolute atomic E-state index is 12.3. The van der Waals surface area contributed by atoms with Crippen molar-refractivity contribution in [1.82, 2.24) is 9.88 Å². The number of ether oxygens (including phenoxy) is 1. The Morgan fingerprint density at radius 2 is 1.92 bits per heavy atom. The van der Waals surface area contributed by atoms with Crippen LogP contribution in [0.25, 0.3) is 10.9 Å². The van der Waals surface area contributed by atoms with Crippen LogP contribution in [0.15, 0.2) is 29.1 Å². The van der Waals surface area contributed by atoms with Gasteiger partial charge in [-0.2, -0.15) is 0 Å². The average molecular weight is 332 g/mol. The molecule has 2 heterocycles. The fourth-order valence-electron chi connectivity index (χ4n) is 3.42. The van der Waals surface area contributed by atoms with Crippen LogP contribution in [0, 0.1) is 11.8 Å². The molecule has 0 radical (unpaired) electrons. The lowest BCUT2D eigenvalue weighted by Crippen LogP contribution is -2.25. The molecule has 3 rings (SSSR count). The quantitative estimate of drug-likeness (QED) is 0.734. The zero-order valence-corrected chi connectivity index (χ0v) is 13.9. The summed E-state index contributed by atoms with van der Waals surface area (Å²) in [6.07, 6.45) is 0. The Bertz CT molecular complexity index is 746. The maximum atomic E-state index is 12.3. The van der Waals surface area contributed by atoms with Gasteiger partial charge in [0.25, 0.3) is 5.56 Å². The topological polar surface area (TPSA) is 85.8 Å². The van der Waals surface area contributed by atoms with Gasteiger partial charge < -0.3 is 19.9 Å². The third-order valence-electron chi connectivity index (χ3n) is 4.72. The highest BCUT2D eigenvalue weighted by molar-refractivity contribution is 5.80. The van der Waals surface area contributed by atoms with Gasteiger partial charge in [-0.25, -0.2) is 0 Å². The summed E-state index contributed by atoms with van der Waals surface area (Å²) >= 11 is 0. The average Bonchev–Trinajstić information content (AvgIpc) is 2.98. The lowest BCUT2D eigenvalue weighted by molar-refractivity contribution is 0.152. The summed E-state index contributed by atoms with van der Waals surface area (Å²) in [6.45, 7) is 4.56. The van der Waals surface area contributed by atoms with Crippen LogP contribution in [0.4, 0.5) is 0 Å². The normalized spacial score (nSPS) is 21.5. The molecule has 1 aliphatic rings. The van der Waals surface area contributed by atoms with Crippen LogP contribution in [0.2, 0.25) is 0 Å². The molecule has 0 bridgehead atoms. The lowest BCUT2D eigenvalue weighted by atomic mass is 9.98. The standard InChI is InChI=1S/C18H24N2O4/c1-2-24-16-3-4-17-12(6-16)5-13(18(23)19-17)7-20-8-14(10-21)15(9-20)11-22/h3-6,14-15,21-22H,2,7-11H2,1H3,(H,19,23)/t14-,15-/m0/s1. The predicted octanol–water partition coefficient (Wildman–Crippen LogP) is 0.959. The number of hydrogen-bond donors (Lipinski definition) is 3. The van der Waals surface area contributed by atoms with Crippen molar-refractivity contribution in [2.24, 2.45) is 11.8 Å². The number of rotatable bonds is 6. The molecule has 1 saturated heterocycles. The molecule has 0 aliphatic carbocycles. The zero-order chi connectivity index (χ0) is 17.1. The number of H-pyrrole nitrogens is 1. The van der Waals surface area contributed by atoms with Crippen LogP contribution < -0.4 is 10.3 Å². The third kappa shape index (κ3) is 3.45. The van der Waals surface area contributed by atoms with E-state index in [4.69, 9.17) is 4.74 Å². The van der Waals surface area contributed by atoms with Gasteiger partial charge in [-0.1, -0.05) is 0 Å². The second-order valence-corrected chi connectivity index (χ2v) is 6.39. The molecular weight excluding hydrogens is 308 g/mol. The molecule has 0 unspecified atom stereocenters. The number of aromatic amines is 1. The molecule has 6 heteroatoms. The Morgan fingerprint density at radius 3 is 2.54 bits per heavy atom. The number of hydrogen-bond acceptors (Lipinski definition) is 5. The van der Waals surface area contributed by atoms with Crippen molar-refractivity contribution in [3.63, 3.8) is 0 Å². The van der Waals surface area contributed by atoms with Crippen molar-refractivity contribution in [2.45, 2.75) is 13.5 Å². The molecule has 2 atom stereocenters. The van der Waals surface area contributed by atoms with Gasteiger partial charge in [-0.3, -0.25) is 9.69 Å². The Hall–Kier alpha value is -1.89. The number of aromatic nitrogens is 1. The minimum atomic E-state index is -0.0975. The maximum Gasteiger partial charge on any atom is 0.252 e. The molecule has 2 aromatic rings. The zero-order valence-electron chi connectivity index (χ0n) is 13.9. The number of nitrogens with zero attached hydrogens (tertiary/aromatic N) is 1. The highest BCUT2D eigenvalue weighted by atomic mass is 16.5. The van der Waals surface area contributed by atoms with Crippen molar-refractivity contribution in [1.29, 1.82) is 0 Å². The van der Waals surface area contributed by atoms with E-state index in [0.717, 1.165) is 16.7 Å². The van der Waals surface area contributed by atoms with Gasteiger partial charge in [0, 0.05) is 61.2 Å². The first-order chi connectivity index (χ1) is 11.6. The van der Waals surface area contributed by atoms with E-state index >= 15 is 0 Å². The van der Waals surface area contributed by atoms with Crippen LogP contribution in [-0.2, 0) is 6.54 Å². The van der Waals surface area contributed by atoms with E-state index in [1.807, 2.05) is 31.2 Å². The number of aliphatic hydroxyl groups excluding tert-OH is 2. The largest absolute Gasteiger partial charge is 0.494 e. The summed E-state index contributed by atoms with van der Waals surface area (Å²) in [7, 11) is 0. The van der Waals surface area contributed by atoms with E-state index in [0.29, 0.717) is 31.8 Å². The molecule has 3 N–H and O–H groups in total. The minimum absolute atomic E-state index is 0.0630. The second-order valence-electron chi connectivity index (χ2n) is 6.39. The summed E-state index contributed by atoms with van der Waals surface area (Å²) < 4.78 is 5.52. The van der Waals surface area contributed by atoms with Crippen molar-refractivity contribution in [3.05, 3.63) is 40.2 Å². The highest BCUT2D eigenvalue weighted by Crippen LogP contribution is 2.25. The molecule has 1 aromatic carbocycles. The monoisotopic (exact) mass is 332 g/mol. The Labute approximate surface area is 140 Å². The SMILES string of the molecule is CCOc1ccc2[nH]c(=O)c(CN3C[C@@H](CO)[C@H](CO)C3)cc2c1. The van der Waals surface area contributed by atoms with Gasteiger partial charge in [0.05, 0.1) is 6.61 Å². The van der Waals surface area contributed by atoms with E-state index < -0.39 is 0 Å². The molecule has 130 valence electrons. The van der Waals surface area contributed by atoms with E-state index in [1.54, 1.807) is 0 Å². The van der Waals surface area contributed by atoms with E-state index in [2.05, 4.69) is 9.88 Å². The predicted molar refractivity (Wildman–Crippen MR) is 92.2 cm³/mol. The molecule has 0 amide bonds. The highest BCUT2D eigenvalue weighted by Gasteiger charge is 2.31. The summed E-state index contributed by atoms with van der Waals surface area (Å²) in [5, 5.41) is 19.8. The molecule has 6 nitrogen and oxygen atoms in total. The smallest absolute Gasteiger partial charge is 0.252 e. The number of fused-ring (bicyclic) bond motifs is 1. The van der Waals surface area contributed by atoms with Crippen LogP contribution in [0.1, 0.15) is 12.5 Å². The molecular formula is C18H24N2O4. The number of benzene rings is 1. The molecule has 1 aliphatic heterocycles. The summed E-state index contributed by atoms with van der Waals surface area (Å²) in [4.78, 5) is 17.4. The van der Waals surface area contributed by atoms with Gasteiger partial charge in [0.1, 0.15) is 5.75 Å². The number of pyridine rings is 1. The van der Waals surface area contributed by atoms with Gasteiger partial charge in [0.15, 0.2) is 0 Å². The van der Waals surface area contributed by atoms with E-state index in [9.17, 15) is 15.0 Å². The fraction of sp³-hybridized carbons (Fsp3) is 0.500. The van der Waals surface area contributed by atoms with Crippen molar-refractivity contribution < 1.29 is 14.9 Å². The van der Waals surface area contributed by atoms with Crippen LogP contribution in [0.3, 0.4) is 0 Å². The summed E-state index contributed by atoms with van der Waals surface area (Å²) in [5.41, 5.74) is 1.38.